The summed E-state index contributed by atoms with van der Waals surface area (Å²) in [6, 6.07) is 43.1. The lowest BCUT2D eigenvalue weighted by atomic mass is 10.1. The van der Waals surface area contributed by atoms with E-state index in [9.17, 15) is 0 Å². The standard InChI is InChI=1S/C27H23NP.BrH/c28-22-24-18-16-23(17-19-24)20-21-29(25-10-4-1-5-11-25,26-12-6-2-7-13-26)27-14-8-3-9-15-27;/h1-19H,20-21H2;1H/q+1;/p-1. The molecule has 1 nitrogen and oxygen atoms in total. The third-order valence-corrected chi connectivity index (χ3v) is 9.84. The van der Waals surface area contributed by atoms with Crippen molar-refractivity contribution in [1.29, 1.82) is 5.26 Å². The van der Waals surface area contributed by atoms with Gasteiger partial charge in [-0.15, -0.1) is 0 Å². The van der Waals surface area contributed by atoms with Gasteiger partial charge >= 0.3 is 0 Å². The third kappa shape index (κ3) is 4.54. The first-order chi connectivity index (χ1) is 14.3. The number of nitriles is 1. The Bertz CT molecular complexity index is 992. The van der Waals surface area contributed by atoms with Crippen LogP contribution < -0.4 is 32.9 Å². The van der Waals surface area contributed by atoms with Gasteiger partial charge in [-0.2, -0.15) is 5.26 Å². The summed E-state index contributed by atoms with van der Waals surface area (Å²) < 4.78 is 0. The van der Waals surface area contributed by atoms with Gasteiger partial charge in [0.2, 0.25) is 0 Å². The number of halogens is 1. The lowest BCUT2D eigenvalue weighted by molar-refractivity contribution is -0.00000584. The van der Waals surface area contributed by atoms with E-state index in [1.165, 1.54) is 21.5 Å². The van der Waals surface area contributed by atoms with Gasteiger partial charge in [-0.25, -0.2) is 0 Å². The first-order valence-corrected chi connectivity index (χ1v) is 11.8. The molecule has 4 aromatic carbocycles. The van der Waals surface area contributed by atoms with Gasteiger partial charge in [-0.3, -0.25) is 0 Å². The zero-order valence-electron chi connectivity index (χ0n) is 16.7. The van der Waals surface area contributed by atoms with Crippen LogP contribution in [0.25, 0.3) is 0 Å². The van der Waals surface area contributed by atoms with Gasteiger partial charge in [-0.1, -0.05) is 66.7 Å². The Morgan fingerprint density at radius 1 is 0.567 bits per heavy atom. The Hall–Kier alpha value is -2.72. The van der Waals surface area contributed by atoms with E-state index in [0.717, 1.165) is 12.6 Å². The molecule has 30 heavy (non-hydrogen) atoms. The molecule has 4 aromatic rings. The predicted octanol–water partition coefficient (Wildman–Crippen LogP) is 2.10. The molecule has 0 N–H and O–H groups in total. The predicted molar refractivity (Wildman–Crippen MR) is 125 cm³/mol. The Morgan fingerprint density at radius 3 is 1.33 bits per heavy atom. The highest BCUT2D eigenvalue weighted by atomic mass is 79.9. The third-order valence-electron chi connectivity index (χ3n) is 5.41. The fourth-order valence-electron chi connectivity index (χ4n) is 3.92. The van der Waals surface area contributed by atoms with Crippen LogP contribution in [0.5, 0.6) is 0 Å². The molecule has 0 saturated carbocycles. The molecule has 0 aliphatic carbocycles. The average Bonchev–Trinajstić information content (AvgIpc) is 2.82. The number of hydrogen-bond donors (Lipinski definition) is 0. The quantitative estimate of drug-likeness (QED) is 0.395. The maximum atomic E-state index is 9.09. The summed E-state index contributed by atoms with van der Waals surface area (Å²) in [7, 11) is -1.80. The monoisotopic (exact) mass is 471 g/mol. The van der Waals surface area contributed by atoms with Crippen molar-refractivity contribution in [2.45, 2.75) is 6.42 Å². The van der Waals surface area contributed by atoms with Gasteiger partial charge in [0, 0.05) is 6.42 Å². The molecule has 148 valence electrons. The lowest BCUT2D eigenvalue weighted by Gasteiger charge is -2.27. The van der Waals surface area contributed by atoms with Crippen molar-refractivity contribution >= 4 is 23.2 Å². The Morgan fingerprint density at radius 2 is 0.967 bits per heavy atom. The van der Waals surface area contributed by atoms with Crippen molar-refractivity contribution in [3.05, 3.63) is 126 Å². The van der Waals surface area contributed by atoms with E-state index in [4.69, 9.17) is 5.26 Å². The van der Waals surface area contributed by atoms with Crippen LogP contribution in [0.1, 0.15) is 11.1 Å². The summed E-state index contributed by atoms with van der Waals surface area (Å²) in [5.41, 5.74) is 1.99. The molecule has 0 fully saturated rings. The van der Waals surface area contributed by atoms with E-state index in [1.54, 1.807) is 0 Å². The van der Waals surface area contributed by atoms with Gasteiger partial charge in [0.15, 0.2) is 0 Å². The zero-order chi connectivity index (χ0) is 19.9. The summed E-state index contributed by atoms with van der Waals surface area (Å²) in [5, 5.41) is 13.3. The second kappa shape index (κ2) is 10.4. The van der Waals surface area contributed by atoms with Crippen LogP contribution in [0, 0.1) is 11.3 Å². The molecule has 0 bridgehead atoms. The lowest BCUT2D eigenvalue weighted by Crippen LogP contribution is -3.00. The summed E-state index contributed by atoms with van der Waals surface area (Å²) in [5.74, 6) is 0. The minimum Gasteiger partial charge on any atom is -1.00 e. The highest BCUT2D eigenvalue weighted by molar-refractivity contribution is 7.95. The van der Waals surface area contributed by atoms with Crippen LogP contribution in [-0.2, 0) is 6.42 Å². The molecule has 0 radical (unpaired) electrons. The molecule has 0 saturated heterocycles. The maximum Gasteiger partial charge on any atom is 0.112 e. The zero-order valence-corrected chi connectivity index (χ0v) is 19.1. The van der Waals surface area contributed by atoms with Crippen molar-refractivity contribution in [3.63, 3.8) is 0 Å². The maximum absolute atomic E-state index is 9.09. The van der Waals surface area contributed by atoms with Crippen molar-refractivity contribution < 1.29 is 17.0 Å². The first kappa shape index (κ1) is 22.0. The normalized spacial score (nSPS) is 10.6. The SMILES string of the molecule is N#Cc1ccc(CC[P+](c2ccccc2)(c2ccccc2)c2ccccc2)cc1.[Br-]. The topological polar surface area (TPSA) is 23.8 Å². The highest BCUT2D eigenvalue weighted by Crippen LogP contribution is 2.55. The van der Waals surface area contributed by atoms with E-state index in [0.29, 0.717) is 5.56 Å². The molecule has 0 amide bonds. The largest absolute Gasteiger partial charge is 1.00 e. The Kier molecular flexibility index (Phi) is 7.58. The fraction of sp³-hybridized carbons (Fsp3) is 0.0741. The van der Waals surface area contributed by atoms with E-state index in [-0.39, 0.29) is 17.0 Å². The van der Waals surface area contributed by atoms with Crippen LogP contribution in [-0.4, -0.2) is 6.16 Å². The average molecular weight is 472 g/mol. The van der Waals surface area contributed by atoms with Gasteiger partial charge in [-0.05, 0) is 54.1 Å². The van der Waals surface area contributed by atoms with Crippen molar-refractivity contribution in [3.8, 4) is 6.07 Å². The number of rotatable bonds is 6. The molecular formula is C27H23BrNP. The Balaban J connectivity index is 0.00000256. The van der Waals surface area contributed by atoms with Crippen LogP contribution in [0.2, 0.25) is 0 Å². The van der Waals surface area contributed by atoms with E-state index >= 15 is 0 Å². The number of nitrogens with zero attached hydrogens (tertiary/aromatic N) is 1. The van der Waals surface area contributed by atoms with Gasteiger partial charge in [0.05, 0.1) is 17.8 Å². The second-order valence-corrected chi connectivity index (χ2v) is 10.7. The molecule has 0 aromatic heterocycles. The van der Waals surface area contributed by atoms with Crippen LogP contribution in [0.3, 0.4) is 0 Å². The summed E-state index contributed by atoms with van der Waals surface area (Å²) in [6.45, 7) is 0. The van der Waals surface area contributed by atoms with Crippen LogP contribution >= 0.6 is 7.26 Å². The summed E-state index contributed by atoms with van der Waals surface area (Å²) in [4.78, 5) is 0. The molecular weight excluding hydrogens is 449 g/mol. The molecule has 0 spiro atoms. The van der Waals surface area contributed by atoms with E-state index < -0.39 is 7.26 Å². The van der Waals surface area contributed by atoms with E-state index in [1.807, 2.05) is 12.1 Å². The Labute approximate surface area is 190 Å². The minimum absolute atomic E-state index is 0. The van der Waals surface area contributed by atoms with Crippen LogP contribution in [0.15, 0.2) is 115 Å². The number of benzene rings is 4. The van der Waals surface area contributed by atoms with Crippen molar-refractivity contribution in [2.75, 3.05) is 6.16 Å². The van der Waals surface area contributed by atoms with Crippen molar-refractivity contribution in [2.24, 2.45) is 0 Å². The van der Waals surface area contributed by atoms with Gasteiger partial charge < -0.3 is 17.0 Å². The second-order valence-electron chi connectivity index (χ2n) is 7.10. The molecule has 4 rings (SSSR count). The molecule has 0 aliphatic heterocycles. The number of aryl methyl sites for hydroxylation is 1. The van der Waals surface area contributed by atoms with Crippen LogP contribution in [0.4, 0.5) is 0 Å². The van der Waals surface area contributed by atoms with Crippen molar-refractivity contribution in [1.82, 2.24) is 0 Å². The summed E-state index contributed by atoms with van der Waals surface area (Å²) >= 11 is 0. The van der Waals surface area contributed by atoms with Gasteiger partial charge in [0.1, 0.15) is 23.2 Å². The highest BCUT2D eigenvalue weighted by Gasteiger charge is 2.44. The minimum atomic E-state index is -1.80. The summed E-state index contributed by atoms with van der Waals surface area (Å²) in [6.07, 6.45) is 2.02. The molecule has 0 heterocycles. The fourth-order valence-corrected chi connectivity index (χ4v) is 8.23. The van der Waals surface area contributed by atoms with Gasteiger partial charge in [0.25, 0.3) is 0 Å². The first-order valence-electron chi connectivity index (χ1n) is 9.87. The molecule has 0 aliphatic rings. The molecule has 0 atom stereocenters. The van der Waals surface area contributed by atoms with E-state index in [2.05, 4.69) is 109 Å². The smallest absolute Gasteiger partial charge is 0.112 e. The molecule has 3 heteroatoms. The number of hydrogen-bond acceptors (Lipinski definition) is 1. The molecule has 0 unspecified atom stereocenters.